The van der Waals surface area contributed by atoms with Gasteiger partial charge in [0.1, 0.15) is 5.82 Å². The van der Waals surface area contributed by atoms with Gasteiger partial charge in [0, 0.05) is 21.9 Å². The number of aliphatic carboxylic acids is 1. The van der Waals surface area contributed by atoms with Gasteiger partial charge < -0.3 is 9.67 Å². The van der Waals surface area contributed by atoms with Crippen LogP contribution in [0.4, 0.5) is 0 Å². The van der Waals surface area contributed by atoms with Gasteiger partial charge in [0.2, 0.25) is 0 Å². The lowest BCUT2D eigenvalue weighted by Crippen LogP contribution is -2.08. The summed E-state index contributed by atoms with van der Waals surface area (Å²) in [6.07, 6.45) is 2.96. The minimum Gasteiger partial charge on any atom is -0.478 e. The van der Waals surface area contributed by atoms with Crippen molar-refractivity contribution in [3.8, 4) is 0 Å². The smallest absolute Gasteiger partial charge is 0.337 e. The lowest BCUT2D eigenvalue weighted by Gasteiger charge is -2.14. The van der Waals surface area contributed by atoms with Crippen LogP contribution in [0.3, 0.4) is 0 Å². The fraction of sp³-hybridized carbons (Fsp3) is 0.231. The molecule has 2 aromatic heterocycles. The van der Waals surface area contributed by atoms with Crippen molar-refractivity contribution in [3.05, 3.63) is 86.8 Å². The molecule has 0 aliphatic carbocycles. The zero-order chi connectivity index (χ0) is 22.7. The first kappa shape index (κ1) is 22.3. The minimum absolute atomic E-state index is 0.327. The number of aromatic nitrogens is 2. The highest BCUT2D eigenvalue weighted by Gasteiger charge is 2.21. The van der Waals surface area contributed by atoms with Crippen molar-refractivity contribution in [1.82, 2.24) is 9.55 Å². The molecule has 6 heteroatoms. The van der Waals surface area contributed by atoms with Gasteiger partial charge in [-0.25, -0.2) is 9.78 Å². The molecule has 2 heterocycles. The van der Waals surface area contributed by atoms with Crippen LogP contribution in [-0.2, 0) is 17.8 Å². The summed E-state index contributed by atoms with van der Waals surface area (Å²) in [6.45, 7) is 4.64. The molecular formula is C26H25ClN2O2S. The van der Waals surface area contributed by atoms with E-state index in [-0.39, 0.29) is 0 Å². The number of unbranched alkanes of at least 4 members (excludes halogenated alkanes) is 1. The van der Waals surface area contributed by atoms with E-state index in [4.69, 9.17) is 16.6 Å². The number of para-hydroxylation sites is 1. The van der Waals surface area contributed by atoms with E-state index in [1.807, 2.05) is 66.9 Å². The standard InChI is InChI=1S/C26H25ClN2O2S/c1-3-4-14-23-28-21-12-7-10-19(17(2)24(26(30)31)22-13-8-15-32-22)25(21)29(23)16-18-9-5-6-11-20(18)27/h5-13,15H,3-4,14,16H2,1-2H3,(H,30,31). The van der Waals surface area contributed by atoms with E-state index >= 15 is 0 Å². The molecular weight excluding hydrogens is 440 g/mol. The summed E-state index contributed by atoms with van der Waals surface area (Å²) in [5.41, 5.74) is 4.78. The first-order valence-corrected chi connectivity index (χ1v) is 12.0. The summed E-state index contributed by atoms with van der Waals surface area (Å²) in [6, 6.07) is 17.5. The van der Waals surface area contributed by atoms with E-state index in [2.05, 4.69) is 11.5 Å². The molecule has 164 valence electrons. The van der Waals surface area contributed by atoms with Crippen molar-refractivity contribution in [2.45, 2.75) is 39.7 Å². The number of carboxylic acid groups (broad SMARTS) is 1. The summed E-state index contributed by atoms with van der Waals surface area (Å²) in [5.74, 6) is 0.0698. The number of halogens is 1. The molecule has 0 amide bonds. The van der Waals surface area contributed by atoms with Crippen LogP contribution in [0.2, 0.25) is 5.02 Å². The lowest BCUT2D eigenvalue weighted by atomic mass is 9.98. The quantitative estimate of drug-likeness (QED) is 0.281. The number of carbonyl (C=O) groups is 1. The second-order valence-corrected chi connectivity index (χ2v) is 9.12. The maximum atomic E-state index is 12.2. The molecule has 0 fully saturated rings. The van der Waals surface area contributed by atoms with Gasteiger partial charge in [-0.3, -0.25) is 0 Å². The van der Waals surface area contributed by atoms with Crippen LogP contribution in [0.1, 0.15) is 48.5 Å². The second kappa shape index (κ2) is 9.72. The highest BCUT2D eigenvalue weighted by atomic mass is 35.5. The van der Waals surface area contributed by atoms with E-state index in [1.165, 1.54) is 11.3 Å². The second-order valence-electron chi connectivity index (χ2n) is 7.76. The molecule has 0 bridgehead atoms. The Morgan fingerprint density at radius 1 is 1.12 bits per heavy atom. The van der Waals surface area contributed by atoms with Crippen molar-refractivity contribution in [3.63, 3.8) is 0 Å². The Kier molecular flexibility index (Phi) is 6.77. The van der Waals surface area contributed by atoms with E-state index in [9.17, 15) is 9.90 Å². The van der Waals surface area contributed by atoms with Crippen LogP contribution >= 0.6 is 22.9 Å². The van der Waals surface area contributed by atoms with E-state index in [0.717, 1.165) is 57.7 Å². The van der Waals surface area contributed by atoms with Gasteiger partial charge in [0.25, 0.3) is 0 Å². The fourth-order valence-corrected chi connectivity index (χ4v) is 5.05. The van der Waals surface area contributed by atoms with Crippen LogP contribution in [0.25, 0.3) is 22.2 Å². The average Bonchev–Trinajstić information content (AvgIpc) is 3.42. The van der Waals surface area contributed by atoms with Gasteiger partial charge >= 0.3 is 5.97 Å². The molecule has 32 heavy (non-hydrogen) atoms. The monoisotopic (exact) mass is 464 g/mol. The number of nitrogens with zero attached hydrogens (tertiary/aromatic N) is 2. The number of aryl methyl sites for hydroxylation is 1. The Morgan fingerprint density at radius 3 is 2.62 bits per heavy atom. The minimum atomic E-state index is -0.926. The third-order valence-corrected chi connectivity index (χ3v) is 6.90. The predicted octanol–water partition coefficient (Wildman–Crippen LogP) is 7.16. The van der Waals surface area contributed by atoms with Crippen molar-refractivity contribution in [2.24, 2.45) is 0 Å². The first-order valence-electron chi connectivity index (χ1n) is 10.7. The third-order valence-electron chi connectivity index (χ3n) is 5.65. The summed E-state index contributed by atoms with van der Waals surface area (Å²) in [4.78, 5) is 17.9. The van der Waals surface area contributed by atoms with Crippen LogP contribution in [-0.4, -0.2) is 20.6 Å². The zero-order valence-corrected chi connectivity index (χ0v) is 19.7. The molecule has 1 N–H and O–H groups in total. The Hall–Kier alpha value is -2.89. The molecule has 4 rings (SSSR count). The number of allylic oxidation sites excluding steroid dienone is 1. The number of hydrogen-bond acceptors (Lipinski definition) is 3. The summed E-state index contributed by atoms with van der Waals surface area (Å²) in [7, 11) is 0. The number of benzene rings is 2. The Bertz CT molecular complexity index is 1290. The number of hydrogen-bond donors (Lipinski definition) is 1. The van der Waals surface area contributed by atoms with Crippen molar-refractivity contribution in [2.75, 3.05) is 0 Å². The van der Waals surface area contributed by atoms with E-state index in [0.29, 0.717) is 17.1 Å². The molecule has 2 aromatic carbocycles. The molecule has 4 nitrogen and oxygen atoms in total. The summed E-state index contributed by atoms with van der Waals surface area (Å²) >= 11 is 7.93. The molecule has 0 unspecified atom stereocenters. The molecule has 0 saturated carbocycles. The number of rotatable bonds is 8. The SMILES string of the molecule is CCCCc1nc2cccc(C(C)=C(C(=O)O)c3cccs3)c2n1Cc1ccccc1Cl. The zero-order valence-electron chi connectivity index (χ0n) is 18.1. The summed E-state index contributed by atoms with van der Waals surface area (Å²) < 4.78 is 2.21. The Labute approximate surface area is 196 Å². The predicted molar refractivity (Wildman–Crippen MR) is 133 cm³/mol. The molecule has 0 atom stereocenters. The maximum Gasteiger partial charge on any atom is 0.337 e. The van der Waals surface area contributed by atoms with E-state index < -0.39 is 5.97 Å². The number of carboxylic acids is 1. The fourth-order valence-electron chi connectivity index (χ4n) is 4.04. The van der Waals surface area contributed by atoms with Gasteiger partial charge in [-0.15, -0.1) is 11.3 Å². The van der Waals surface area contributed by atoms with Crippen LogP contribution in [0.15, 0.2) is 60.0 Å². The molecule has 0 spiro atoms. The highest BCUT2D eigenvalue weighted by molar-refractivity contribution is 7.11. The summed E-state index contributed by atoms with van der Waals surface area (Å²) in [5, 5.41) is 12.6. The highest BCUT2D eigenvalue weighted by Crippen LogP contribution is 2.34. The largest absolute Gasteiger partial charge is 0.478 e. The Morgan fingerprint density at radius 2 is 1.94 bits per heavy atom. The third kappa shape index (κ3) is 4.36. The topological polar surface area (TPSA) is 55.1 Å². The van der Waals surface area contributed by atoms with Crippen LogP contribution < -0.4 is 0 Å². The maximum absolute atomic E-state index is 12.2. The average molecular weight is 465 g/mol. The van der Waals surface area contributed by atoms with Crippen LogP contribution in [0, 0.1) is 0 Å². The molecule has 0 aliphatic heterocycles. The Balaban J connectivity index is 1.96. The van der Waals surface area contributed by atoms with Crippen molar-refractivity contribution < 1.29 is 9.90 Å². The van der Waals surface area contributed by atoms with Gasteiger partial charge in [-0.1, -0.05) is 61.3 Å². The van der Waals surface area contributed by atoms with Gasteiger partial charge in [-0.2, -0.15) is 0 Å². The normalized spacial score (nSPS) is 12.2. The number of fused-ring (bicyclic) bond motifs is 1. The molecule has 4 aromatic rings. The van der Waals surface area contributed by atoms with Crippen molar-refractivity contribution >= 4 is 51.1 Å². The molecule has 0 aliphatic rings. The van der Waals surface area contributed by atoms with Crippen LogP contribution in [0.5, 0.6) is 0 Å². The molecule has 0 saturated heterocycles. The van der Waals surface area contributed by atoms with Gasteiger partial charge in [0.15, 0.2) is 0 Å². The lowest BCUT2D eigenvalue weighted by molar-refractivity contribution is -0.130. The van der Waals surface area contributed by atoms with Gasteiger partial charge in [0.05, 0.1) is 23.2 Å². The first-order chi connectivity index (χ1) is 15.5. The van der Waals surface area contributed by atoms with Crippen molar-refractivity contribution in [1.29, 1.82) is 0 Å². The molecule has 0 radical (unpaired) electrons. The van der Waals surface area contributed by atoms with E-state index in [1.54, 1.807) is 0 Å². The van der Waals surface area contributed by atoms with Gasteiger partial charge in [-0.05, 0) is 48.1 Å². The number of imidazole rings is 1. The number of thiophene rings is 1.